The molecular weight excluding hydrogens is 1250 g/mol. The number of hydrogen-bond donors (Lipinski definition) is 12. The molecule has 0 aromatic heterocycles. The number of para-hydroxylation sites is 4. The Morgan fingerprint density at radius 1 is 0.375 bits per heavy atom. The summed E-state index contributed by atoms with van der Waals surface area (Å²) in [6.45, 7) is 14.6. The quantitative estimate of drug-likeness (QED) is 0.0189. The van der Waals surface area contributed by atoms with Crippen LogP contribution < -0.4 is 63.9 Å². The van der Waals surface area contributed by atoms with Crippen molar-refractivity contribution in [2.75, 3.05) is 70.5 Å². The SMILES string of the molecule is CCCCCCCCCCCCc1ccc(O)c(N2Nc3ccccc3N2)c1.CCCCCCCCOC(=O)CCc1cc(C)c(O)c(N2Nc3ccc(Cl)cc3N2)c1.Cc1cc(C)c(O)c(N2Nc3ccc(Cl)cc3N2)c1.Cc1cc(C)c(O)c(N2Nc3ccccc3N2)c1. The van der Waals surface area contributed by atoms with Crippen LogP contribution in [0.4, 0.5) is 68.2 Å². The van der Waals surface area contributed by atoms with Gasteiger partial charge in [0.25, 0.3) is 0 Å². The molecule has 0 unspecified atom stereocenters. The fourth-order valence-corrected chi connectivity index (χ4v) is 12.1. The molecular formula is C76H96Cl2N12O6. The first-order valence-corrected chi connectivity index (χ1v) is 34.7. The number of aryl methyl sites for hydroxylation is 7. The number of unbranched alkanes of at least 4 members (excludes halogenated alkanes) is 14. The van der Waals surface area contributed by atoms with Crippen molar-refractivity contribution in [2.24, 2.45) is 0 Å². The molecule has 8 aromatic carbocycles. The lowest BCUT2D eigenvalue weighted by molar-refractivity contribution is -0.143. The van der Waals surface area contributed by atoms with Gasteiger partial charge in [0.1, 0.15) is 45.7 Å². The van der Waals surface area contributed by atoms with Gasteiger partial charge < -0.3 is 25.2 Å². The molecule has 0 saturated heterocycles. The zero-order valence-corrected chi connectivity index (χ0v) is 58.1. The summed E-state index contributed by atoms with van der Waals surface area (Å²) < 4.78 is 5.37. The summed E-state index contributed by atoms with van der Waals surface area (Å²) in [4.78, 5) is 12.1. The van der Waals surface area contributed by atoms with Crippen LogP contribution >= 0.6 is 23.2 Å². The van der Waals surface area contributed by atoms with Gasteiger partial charge in [0.05, 0.1) is 52.1 Å². The highest BCUT2D eigenvalue weighted by Gasteiger charge is 2.26. The third-order valence-corrected chi connectivity index (χ3v) is 17.5. The Kier molecular flexibility index (Phi) is 25.7. The number of nitrogens with one attached hydrogen (secondary N) is 8. The van der Waals surface area contributed by atoms with Crippen molar-refractivity contribution in [3.8, 4) is 23.0 Å². The Morgan fingerprint density at radius 2 is 0.740 bits per heavy atom. The zero-order valence-electron chi connectivity index (χ0n) is 56.6. The highest BCUT2D eigenvalue weighted by molar-refractivity contribution is 6.31. The van der Waals surface area contributed by atoms with E-state index in [0.717, 1.165) is 110 Å². The maximum atomic E-state index is 12.1. The minimum Gasteiger partial charge on any atom is -0.506 e. The molecule has 0 saturated carbocycles. The first kappa shape index (κ1) is 70.9. The summed E-state index contributed by atoms with van der Waals surface area (Å²) in [6, 6.07) is 44.4. The third kappa shape index (κ3) is 19.6. The zero-order chi connectivity index (χ0) is 68.1. The minimum atomic E-state index is -0.180. The monoisotopic (exact) mass is 1340 g/mol. The summed E-state index contributed by atoms with van der Waals surface area (Å²) in [7, 11) is 0. The number of carbonyl (C=O) groups is 1. The van der Waals surface area contributed by atoms with Crippen LogP contribution in [0.3, 0.4) is 0 Å². The molecule has 8 aromatic rings. The van der Waals surface area contributed by atoms with Gasteiger partial charge in [-0.15, -0.1) is 0 Å². The summed E-state index contributed by atoms with van der Waals surface area (Å²) in [5, 5.41) is 49.4. The second-order valence-corrected chi connectivity index (χ2v) is 26.0. The molecule has 20 heteroatoms. The van der Waals surface area contributed by atoms with Crippen LogP contribution in [0, 0.1) is 34.6 Å². The Morgan fingerprint density at radius 3 is 1.19 bits per heavy atom. The highest BCUT2D eigenvalue weighted by atomic mass is 35.5. The van der Waals surface area contributed by atoms with Gasteiger partial charge in [0.15, 0.2) is 0 Å². The molecule has 0 radical (unpaired) electrons. The molecule has 0 fully saturated rings. The van der Waals surface area contributed by atoms with Crippen LogP contribution in [-0.2, 0) is 22.4 Å². The Balaban J connectivity index is 0.000000154. The number of esters is 1. The predicted octanol–water partition coefficient (Wildman–Crippen LogP) is 20.4. The van der Waals surface area contributed by atoms with Crippen molar-refractivity contribution in [1.82, 2.24) is 0 Å². The smallest absolute Gasteiger partial charge is 0.306 e. The Labute approximate surface area is 576 Å². The fourth-order valence-electron chi connectivity index (χ4n) is 11.8. The van der Waals surface area contributed by atoms with E-state index in [1.165, 1.54) is 95.5 Å². The molecule has 0 spiro atoms. The molecule has 12 N–H and O–H groups in total. The van der Waals surface area contributed by atoms with Gasteiger partial charge in [0.2, 0.25) is 0 Å². The second-order valence-electron chi connectivity index (χ2n) is 25.1. The largest absolute Gasteiger partial charge is 0.506 e. The van der Waals surface area contributed by atoms with Gasteiger partial charge in [-0.05, 0) is 190 Å². The number of hydrogen-bond acceptors (Lipinski definition) is 18. The van der Waals surface area contributed by atoms with Crippen LogP contribution in [0.25, 0.3) is 0 Å². The topological polar surface area (TPSA) is 216 Å². The number of rotatable bonds is 25. The van der Waals surface area contributed by atoms with Crippen LogP contribution in [-0.4, -0.2) is 33.0 Å². The molecule has 0 bridgehead atoms. The molecule has 4 heterocycles. The second kappa shape index (κ2) is 34.9. The summed E-state index contributed by atoms with van der Waals surface area (Å²) in [5.41, 5.74) is 42.9. The van der Waals surface area contributed by atoms with E-state index in [0.29, 0.717) is 40.9 Å². The lowest BCUT2D eigenvalue weighted by Crippen LogP contribution is -2.29. The minimum absolute atomic E-state index is 0.174. The number of benzene rings is 8. The molecule has 0 atom stereocenters. The number of carbonyl (C=O) groups excluding carboxylic acids is 1. The lowest BCUT2D eigenvalue weighted by Gasteiger charge is -2.22. The van der Waals surface area contributed by atoms with Gasteiger partial charge >= 0.3 is 5.97 Å². The normalized spacial score (nSPS) is 12.6. The van der Waals surface area contributed by atoms with E-state index >= 15 is 0 Å². The molecule has 96 heavy (non-hydrogen) atoms. The van der Waals surface area contributed by atoms with Crippen LogP contribution in [0.5, 0.6) is 23.0 Å². The van der Waals surface area contributed by atoms with E-state index in [4.69, 9.17) is 27.9 Å². The van der Waals surface area contributed by atoms with E-state index in [9.17, 15) is 25.2 Å². The summed E-state index contributed by atoms with van der Waals surface area (Å²) in [6.07, 6.45) is 22.5. The Hall–Kier alpha value is -9.39. The van der Waals surface area contributed by atoms with Crippen molar-refractivity contribution in [2.45, 2.75) is 170 Å². The van der Waals surface area contributed by atoms with E-state index < -0.39 is 0 Å². The first-order valence-electron chi connectivity index (χ1n) is 34.0. The van der Waals surface area contributed by atoms with Crippen molar-refractivity contribution in [3.05, 3.63) is 189 Å². The number of ether oxygens (including phenoxy) is 1. The molecule has 0 amide bonds. The van der Waals surface area contributed by atoms with Crippen molar-refractivity contribution in [1.29, 1.82) is 0 Å². The van der Waals surface area contributed by atoms with Crippen molar-refractivity contribution < 1.29 is 30.0 Å². The standard InChI is InChI=1S/C24H32ClN3O3.C24H35N3O.C14H14ClN3O.C14H15N3O/c1-3-4-5-6-7-8-13-31-23(29)12-9-18-14-17(2)24(30)22(15-18)28-26-20-11-10-19(25)16-21(20)27-28;1-2-3-4-5-6-7-8-9-10-11-14-20-17-18-24(28)23(19-20)27-25-21-15-12-13-16-22(21)26-27;1-8-5-9(2)14(19)13(6-8)18-16-11-4-3-10(15)7-12(11)17-18;1-9-7-10(2)14(18)13(8-9)17-15-11-5-3-4-6-12(11)16-17/h10-11,14-16,26-27,30H,3-9,12-13H2,1-2H3;12-13,15-19,25-26,28H,2-11,14H2,1H3;3-7,16-17,19H,1-2H3;3-8,15-16,18H,1-2H3. The number of halogens is 2. The lowest BCUT2D eigenvalue weighted by atomic mass is 10.0. The van der Waals surface area contributed by atoms with Gasteiger partial charge in [-0.3, -0.25) is 48.2 Å². The van der Waals surface area contributed by atoms with E-state index in [1.54, 1.807) is 32.6 Å². The average molecular weight is 1340 g/mol. The molecule has 18 nitrogen and oxygen atoms in total. The maximum Gasteiger partial charge on any atom is 0.306 e. The highest BCUT2D eigenvalue weighted by Crippen LogP contribution is 2.42. The van der Waals surface area contributed by atoms with Crippen LogP contribution in [0.15, 0.2) is 140 Å². The van der Waals surface area contributed by atoms with Gasteiger partial charge in [0, 0.05) is 16.5 Å². The van der Waals surface area contributed by atoms with Gasteiger partial charge in [-0.25, -0.2) is 0 Å². The molecule has 4 aliphatic rings. The summed E-state index contributed by atoms with van der Waals surface area (Å²) >= 11 is 12.0. The van der Waals surface area contributed by atoms with E-state index in [1.807, 2.05) is 156 Å². The number of phenols is 4. The number of anilines is 12. The number of hydrazine groups is 8. The van der Waals surface area contributed by atoms with E-state index in [-0.39, 0.29) is 29.0 Å². The van der Waals surface area contributed by atoms with E-state index in [2.05, 4.69) is 63.3 Å². The fraction of sp³-hybridized carbons (Fsp3) is 0.355. The summed E-state index contributed by atoms with van der Waals surface area (Å²) in [5.74, 6) is 0.811. The Bertz CT molecular complexity index is 3840. The number of nitrogens with zero attached hydrogens (tertiary/aromatic N) is 4. The van der Waals surface area contributed by atoms with Crippen LogP contribution in [0.1, 0.15) is 162 Å². The van der Waals surface area contributed by atoms with Gasteiger partial charge in [-0.1, -0.05) is 175 Å². The number of aromatic hydroxyl groups is 4. The third-order valence-electron chi connectivity index (χ3n) is 17.1. The maximum absolute atomic E-state index is 12.1. The molecule has 0 aliphatic carbocycles. The van der Waals surface area contributed by atoms with Crippen LogP contribution in [0.2, 0.25) is 10.0 Å². The molecule has 12 rings (SSSR count). The first-order chi connectivity index (χ1) is 46.4. The predicted molar refractivity (Wildman–Crippen MR) is 399 cm³/mol. The average Bonchev–Trinajstić information content (AvgIpc) is 1.67. The molecule has 4 aliphatic heterocycles. The molecule has 510 valence electrons. The van der Waals surface area contributed by atoms with Crippen molar-refractivity contribution >= 4 is 97.4 Å². The van der Waals surface area contributed by atoms with Gasteiger partial charge in [-0.2, -0.15) is 20.5 Å². The van der Waals surface area contributed by atoms with Crippen molar-refractivity contribution in [3.63, 3.8) is 0 Å². The number of fused-ring (bicyclic) bond motifs is 4. The number of phenolic OH excluding ortho intramolecular Hbond substituents is 4.